The number of anilines is 2. The first-order valence-corrected chi connectivity index (χ1v) is 15.2. The lowest BCUT2D eigenvalue weighted by Crippen LogP contribution is -2.66. The van der Waals surface area contributed by atoms with Gasteiger partial charge in [-0.15, -0.1) is 13.2 Å². The van der Waals surface area contributed by atoms with Gasteiger partial charge in [-0.05, 0) is 60.7 Å². The van der Waals surface area contributed by atoms with Gasteiger partial charge in [-0.3, -0.25) is 4.79 Å². The second kappa shape index (κ2) is 11.5. The van der Waals surface area contributed by atoms with Crippen LogP contribution in [0.5, 0.6) is 17.2 Å². The maximum Gasteiger partial charge on any atom is 0.573 e. The van der Waals surface area contributed by atoms with E-state index in [1.54, 1.807) is 42.5 Å². The Bertz CT molecular complexity index is 1730. The van der Waals surface area contributed by atoms with Crippen LogP contribution in [0.15, 0.2) is 108 Å². The lowest BCUT2D eigenvalue weighted by Gasteiger charge is -2.48. The molecule has 4 aromatic rings. The number of nitrogens with one attached hydrogen (secondary N) is 2. The number of ether oxygens (including phenoxy) is 2. The molecule has 9 nitrogen and oxygen atoms in total. The van der Waals surface area contributed by atoms with Crippen molar-refractivity contribution >= 4 is 27.2 Å². The smallest absolute Gasteiger partial charge is 0.453 e. The van der Waals surface area contributed by atoms with Crippen LogP contribution in [0.4, 0.5) is 24.5 Å². The van der Waals surface area contributed by atoms with Gasteiger partial charge in [-0.1, -0.05) is 42.5 Å². The predicted molar refractivity (Wildman–Crippen MR) is 156 cm³/mol. The van der Waals surface area contributed by atoms with Gasteiger partial charge in [0.1, 0.15) is 15.7 Å². The van der Waals surface area contributed by atoms with Gasteiger partial charge in [0.15, 0.2) is 11.5 Å². The maximum absolute atomic E-state index is 13.7. The summed E-state index contributed by atoms with van der Waals surface area (Å²) in [6.07, 6.45) is -6.16. The molecule has 0 aliphatic carbocycles. The first kappa shape index (κ1) is 29.5. The molecule has 228 valence electrons. The lowest BCUT2D eigenvalue weighted by molar-refractivity contribution is -0.274. The summed E-state index contributed by atoms with van der Waals surface area (Å²) in [7, 11) is -3.87. The van der Waals surface area contributed by atoms with E-state index >= 15 is 0 Å². The Morgan fingerprint density at radius 3 is 2.05 bits per heavy atom. The molecule has 3 N–H and O–H groups in total. The number of para-hydroxylation sites is 4. The van der Waals surface area contributed by atoms with Crippen molar-refractivity contribution in [2.24, 2.45) is 0 Å². The zero-order chi connectivity index (χ0) is 31.1. The standard InChI is InChI=1S/C31H27F3N4O5S/c32-31(33,34)43-21-14-16-22(17-15-21)44(35,41)36-23-18-37(30(40)20-8-2-1-3-9-20)19-26(29(23)39)38-24-10-4-6-12-27(24)42-28-13-7-5-11-25(28)38/h1-17,23,26,29,39H,18-19H2,(H2,35,36,41). The molecular weight excluding hydrogens is 597 g/mol. The fourth-order valence-electron chi connectivity index (χ4n) is 5.50. The quantitative estimate of drug-likeness (QED) is 0.254. The highest BCUT2D eigenvalue weighted by atomic mass is 32.2. The van der Waals surface area contributed by atoms with E-state index in [2.05, 4.69) is 9.46 Å². The van der Waals surface area contributed by atoms with Crippen molar-refractivity contribution in [3.63, 3.8) is 0 Å². The summed E-state index contributed by atoms with van der Waals surface area (Å²) in [6, 6.07) is 25.4. The minimum Gasteiger partial charge on any atom is -0.453 e. The molecule has 4 aromatic carbocycles. The number of nitrogens with zero attached hydrogens (tertiary/aromatic N) is 2. The summed E-state index contributed by atoms with van der Waals surface area (Å²) in [6.45, 7) is -0.0113. The van der Waals surface area contributed by atoms with Gasteiger partial charge in [-0.2, -0.15) is 0 Å². The van der Waals surface area contributed by atoms with Crippen molar-refractivity contribution in [2.45, 2.75) is 29.4 Å². The van der Waals surface area contributed by atoms with E-state index in [9.17, 15) is 27.3 Å². The number of fused-ring (bicyclic) bond motifs is 2. The highest BCUT2D eigenvalue weighted by Crippen LogP contribution is 2.48. The van der Waals surface area contributed by atoms with Gasteiger partial charge in [-0.25, -0.2) is 13.7 Å². The number of piperidine rings is 1. The van der Waals surface area contributed by atoms with Crippen molar-refractivity contribution in [1.29, 1.82) is 4.78 Å². The molecule has 0 saturated carbocycles. The molecule has 2 aliphatic rings. The second-order valence-electron chi connectivity index (χ2n) is 10.3. The van der Waals surface area contributed by atoms with Gasteiger partial charge < -0.3 is 24.4 Å². The van der Waals surface area contributed by atoms with Crippen LogP contribution in [-0.2, 0) is 9.92 Å². The molecule has 2 aliphatic heterocycles. The molecular formula is C31H27F3N4O5S. The SMILES string of the molecule is N=S(=O)(NC1CN(C(=O)c2ccccc2)CC(N2c3ccccc3Oc3ccccc32)C1O)c1ccc(OC(F)(F)F)cc1. The summed E-state index contributed by atoms with van der Waals surface area (Å²) >= 11 is 0. The fraction of sp³-hybridized carbons (Fsp3) is 0.194. The number of likely N-dealkylation sites (tertiary alicyclic amines) is 1. The molecule has 4 unspecified atom stereocenters. The van der Waals surface area contributed by atoms with Crippen LogP contribution in [0, 0.1) is 4.78 Å². The maximum atomic E-state index is 13.7. The Morgan fingerprint density at radius 1 is 0.886 bits per heavy atom. The van der Waals surface area contributed by atoms with Crippen LogP contribution in [0.1, 0.15) is 10.4 Å². The monoisotopic (exact) mass is 624 g/mol. The van der Waals surface area contributed by atoms with E-state index in [0.717, 1.165) is 24.3 Å². The topological polar surface area (TPSA) is 115 Å². The minimum atomic E-state index is -4.91. The number of benzene rings is 4. The molecule has 0 radical (unpaired) electrons. The van der Waals surface area contributed by atoms with E-state index < -0.39 is 40.2 Å². The average Bonchev–Trinajstić information content (AvgIpc) is 3.00. The normalized spacial score (nSPS) is 21.0. The second-order valence-corrected chi connectivity index (χ2v) is 12.2. The molecule has 13 heteroatoms. The summed E-state index contributed by atoms with van der Waals surface area (Å²) in [5.41, 5.74) is 1.71. The molecule has 0 aromatic heterocycles. The van der Waals surface area contributed by atoms with Crippen molar-refractivity contribution < 1.29 is 36.8 Å². The van der Waals surface area contributed by atoms with Crippen molar-refractivity contribution in [3.8, 4) is 17.2 Å². The van der Waals surface area contributed by atoms with Crippen molar-refractivity contribution in [3.05, 3.63) is 109 Å². The summed E-state index contributed by atoms with van der Waals surface area (Å²) < 4.78 is 72.9. The third-order valence-corrected chi connectivity index (χ3v) is 9.02. The van der Waals surface area contributed by atoms with Gasteiger partial charge >= 0.3 is 6.36 Å². The first-order valence-electron chi connectivity index (χ1n) is 13.6. The van der Waals surface area contributed by atoms with Gasteiger partial charge in [0.05, 0.1) is 34.5 Å². The number of rotatable bonds is 6. The van der Waals surface area contributed by atoms with Crippen LogP contribution in [-0.4, -0.2) is 57.8 Å². The van der Waals surface area contributed by atoms with E-state index in [0.29, 0.717) is 28.4 Å². The Morgan fingerprint density at radius 2 is 1.45 bits per heavy atom. The summed E-state index contributed by atoms with van der Waals surface area (Å²) in [5, 5.41) is 11.8. The largest absolute Gasteiger partial charge is 0.573 e. The van der Waals surface area contributed by atoms with E-state index in [1.807, 2.05) is 41.3 Å². The highest BCUT2D eigenvalue weighted by Gasteiger charge is 2.44. The Kier molecular flexibility index (Phi) is 7.70. The summed E-state index contributed by atoms with van der Waals surface area (Å²) in [4.78, 5) is 17.0. The fourth-order valence-corrected chi connectivity index (χ4v) is 6.79. The number of aliphatic hydroxyl groups excluding tert-OH is 1. The Balaban J connectivity index is 1.37. The third-order valence-electron chi connectivity index (χ3n) is 7.45. The molecule has 0 spiro atoms. The molecule has 4 atom stereocenters. The van der Waals surface area contributed by atoms with Crippen molar-refractivity contribution in [2.75, 3.05) is 18.0 Å². The molecule has 6 rings (SSSR count). The van der Waals surface area contributed by atoms with Crippen LogP contribution in [0.25, 0.3) is 0 Å². The molecule has 44 heavy (non-hydrogen) atoms. The van der Waals surface area contributed by atoms with Gasteiger partial charge in [0.2, 0.25) is 0 Å². The minimum absolute atomic E-state index is 0.0818. The average molecular weight is 625 g/mol. The van der Waals surface area contributed by atoms with Crippen LogP contribution in [0.3, 0.4) is 0 Å². The van der Waals surface area contributed by atoms with E-state index in [-0.39, 0.29) is 23.9 Å². The van der Waals surface area contributed by atoms with Crippen LogP contribution in [0.2, 0.25) is 0 Å². The Labute approximate surface area is 251 Å². The number of amides is 1. The summed E-state index contributed by atoms with van der Waals surface area (Å²) in [5.74, 6) is 0.229. The molecule has 1 fully saturated rings. The molecule has 0 bridgehead atoms. The van der Waals surface area contributed by atoms with Crippen LogP contribution < -0.4 is 19.1 Å². The molecule has 1 saturated heterocycles. The van der Waals surface area contributed by atoms with Gasteiger partial charge in [0, 0.05) is 18.7 Å². The van der Waals surface area contributed by atoms with Crippen LogP contribution >= 0.6 is 0 Å². The first-order chi connectivity index (χ1) is 21.0. The molecule has 1 amide bonds. The number of hydrogen-bond acceptors (Lipinski definition) is 7. The predicted octanol–water partition coefficient (Wildman–Crippen LogP) is 5.69. The molecule has 2 heterocycles. The highest BCUT2D eigenvalue weighted by molar-refractivity contribution is 7.90. The third kappa shape index (κ3) is 5.94. The van der Waals surface area contributed by atoms with Crippen molar-refractivity contribution in [1.82, 2.24) is 9.62 Å². The number of carbonyl (C=O) groups is 1. The number of halogens is 3. The van der Waals surface area contributed by atoms with E-state index in [1.165, 1.54) is 4.90 Å². The van der Waals surface area contributed by atoms with Gasteiger partial charge in [0.25, 0.3) is 5.91 Å². The number of alkyl halides is 3. The Hall–Kier alpha value is -4.59. The zero-order valence-corrected chi connectivity index (χ0v) is 23.8. The lowest BCUT2D eigenvalue weighted by atomic mass is 9.94. The number of carbonyl (C=O) groups excluding carboxylic acids is 1. The number of aliphatic hydroxyl groups is 1. The van der Waals surface area contributed by atoms with E-state index in [4.69, 9.17) is 9.52 Å². The zero-order valence-electron chi connectivity index (χ0n) is 23.0. The number of hydrogen-bond donors (Lipinski definition) is 3.